The van der Waals surface area contributed by atoms with Crippen LogP contribution in [0.25, 0.3) is 16.2 Å². The van der Waals surface area contributed by atoms with Crippen LogP contribution in [0.2, 0.25) is 10.0 Å². The Morgan fingerprint density at radius 2 is 1.61 bits per heavy atom. The first kappa shape index (κ1) is 24.4. The molecule has 5 rings (SSSR count). The number of amides is 2. The van der Waals surface area contributed by atoms with Crippen molar-refractivity contribution in [2.45, 2.75) is 0 Å². The summed E-state index contributed by atoms with van der Waals surface area (Å²) in [5.74, 6) is -0.285. The number of halogens is 2. The summed E-state index contributed by atoms with van der Waals surface area (Å²) in [7, 11) is 0. The summed E-state index contributed by atoms with van der Waals surface area (Å²) in [6, 6.07) is 22.9. The Morgan fingerprint density at radius 1 is 0.889 bits per heavy atom. The maximum atomic E-state index is 13.2. The summed E-state index contributed by atoms with van der Waals surface area (Å²) < 4.78 is 0.959. The molecule has 2 amide bonds. The van der Waals surface area contributed by atoms with Crippen molar-refractivity contribution < 1.29 is 9.59 Å². The van der Waals surface area contributed by atoms with Crippen LogP contribution in [0.15, 0.2) is 78.9 Å². The summed E-state index contributed by atoms with van der Waals surface area (Å²) in [4.78, 5) is 30.3. The van der Waals surface area contributed by atoms with Gasteiger partial charge in [0.2, 0.25) is 5.91 Å². The van der Waals surface area contributed by atoms with Gasteiger partial charge in [0, 0.05) is 47.4 Å². The Kier molecular flexibility index (Phi) is 7.28. The number of rotatable bonds is 5. The summed E-state index contributed by atoms with van der Waals surface area (Å²) in [6.07, 6.45) is 3.45. The lowest BCUT2D eigenvalue weighted by Gasteiger charge is -2.36. The Morgan fingerprint density at radius 3 is 2.36 bits per heavy atom. The SMILES string of the molecule is O=C(Nc1cc(Cl)ccc1N1CCN(C(=O)/C=C/c2ccccc2)CC1)c1sc2ccccc2c1Cl. The summed E-state index contributed by atoms with van der Waals surface area (Å²) in [5, 5.41) is 4.85. The van der Waals surface area contributed by atoms with Crippen molar-refractivity contribution in [1.82, 2.24) is 4.90 Å². The molecule has 5 nitrogen and oxygen atoms in total. The van der Waals surface area contributed by atoms with Crippen molar-refractivity contribution in [3.8, 4) is 0 Å². The molecule has 0 saturated carbocycles. The number of fused-ring (bicyclic) bond motifs is 1. The highest BCUT2D eigenvalue weighted by Gasteiger charge is 2.23. The van der Waals surface area contributed by atoms with Crippen LogP contribution in [0.1, 0.15) is 15.2 Å². The van der Waals surface area contributed by atoms with Crippen LogP contribution in [0, 0.1) is 0 Å². The van der Waals surface area contributed by atoms with Crippen molar-refractivity contribution in [2.24, 2.45) is 0 Å². The first-order valence-electron chi connectivity index (χ1n) is 11.5. The molecule has 0 radical (unpaired) electrons. The monoisotopic (exact) mass is 535 g/mol. The largest absolute Gasteiger partial charge is 0.366 e. The third kappa shape index (κ3) is 5.26. The van der Waals surface area contributed by atoms with Crippen LogP contribution in [0.4, 0.5) is 11.4 Å². The van der Waals surface area contributed by atoms with Gasteiger partial charge in [-0.1, -0.05) is 71.7 Å². The number of thiophene rings is 1. The molecule has 1 aliphatic rings. The van der Waals surface area contributed by atoms with E-state index in [2.05, 4.69) is 10.2 Å². The van der Waals surface area contributed by atoms with E-state index in [0.717, 1.165) is 21.3 Å². The van der Waals surface area contributed by atoms with Gasteiger partial charge in [-0.25, -0.2) is 0 Å². The summed E-state index contributed by atoms with van der Waals surface area (Å²) in [6.45, 7) is 2.43. The molecule has 1 fully saturated rings. The summed E-state index contributed by atoms with van der Waals surface area (Å²) >= 11 is 14.2. The van der Waals surface area contributed by atoms with Crippen LogP contribution in [0.3, 0.4) is 0 Å². The van der Waals surface area contributed by atoms with E-state index in [4.69, 9.17) is 23.2 Å². The minimum atomic E-state index is -0.274. The van der Waals surface area contributed by atoms with Crippen LogP contribution < -0.4 is 10.2 Å². The molecule has 2 heterocycles. The second-order valence-electron chi connectivity index (χ2n) is 8.41. The average molecular weight is 536 g/mol. The van der Waals surface area contributed by atoms with Crippen LogP contribution in [-0.2, 0) is 4.79 Å². The van der Waals surface area contributed by atoms with E-state index in [1.807, 2.05) is 71.6 Å². The molecule has 1 aliphatic heterocycles. The maximum absolute atomic E-state index is 13.2. The van der Waals surface area contributed by atoms with Gasteiger partial charge in [-0.3, -0.25) is 9.59 Å². The number of hydrogen-bond acceptors (Lipinski definition) is 4. The Bertz CT molecular complexity index is 1440. The number of carbonyl (C=O) groups excluding carboxylic acids is 2. The highest BCUT2D eigenvalue weighted by molar-refractivity contribution is 7.21. The Hall–Kier alpha value is -3.32. The fraction of sp³-hybridized carbons (Fsp3) is 0.143. The molecule has 4 aromatic rings. The molecule has 1 aromatic heterocycles. The van der Waals surface area contributed by atoms with E-state index in [1.165, 1.54) is 11.3 Å². The molecule has 0 bridgehead atoms. The van der Waals surface area contributed by atoms with Gasteiger partial charge in [0.25, 0.3) is 5.91 Å². The topological polar surface area (TPSA) is 52.7 Å². The third-order valence-electron chi connectivity index (χ3n) is 6.10. The maximum Gasteiger partial charge on any atom is 0.267 e. The molecule has 8 heteroatoms. The molecule has 1 N–H and O–H groups in total. The number of carbonyl (C=O) groups is 2. The summed E-state index contributed by atoms with van der Waals surface area (Å²) in [5.41, 5.74) is 2.46. The molecule has 36 heavy (non-hydrogen) atoms. The molecule has 0 aliphatic carbocycles. The average Bonchev–Trinajstić information content (AvgIpc) is 3.25. The molecule has 0 unspecified atom stereocenters. The van der Waals surface area contributed by atoms with Gasteiger partial charge in [0.05, 0.1) is 16.4 Å². The zero-order valence-electron chi connectivity index (χ0n) is 19.3. The fourth-order valence-corrected chi connectivity index (χ4v) is 5.81. The van der Waals surface area contributed by atoms with Crippen molar-refractivity contribution in [3.63, 3.8) is 0 Å². The number of anilines is 2. The minimum absolute atomic E-state index is 0.0115. The van der Waals surface area contributed by atoms with Gasteiger partial charge in [-0.15, -0.1) is 11.3 Å². The lowest BCUT2D eigenvalue weighted by atomic mass is 10.2. The molecule has 182 valence electrons. The molecule has 3 aromatic carbocycles. The normalized spacial score (nSPS) is 13.9. The zero-order valence-corrected chi connectivity index (χ0v) is 21.6. The minimum Gasteiger partial charge on any atom is -0.366 e. The van der Waals surface area contributed by atoms with E-state index < -0.39 is 0 Å². The number of hydrogen-bond donors (Lipinski definition) is 1. The van der Waals surface area contributed by atoms with Crippen LogP contribution >= 0.6 is 34.5 Å². The molecule has 1 saturated heterocycles. The van der Waals surface area contributed by atoms with Gasteiger partial charge in [0.1, 0.15) is 4.88 Å². The first-order valence-corrected chi connectivity index (χ1v) is 13.1. The van der Waals surface area contributed by atoms with Crippen molar-refractivity contribution in [2.75, 3.05) is 36.4 Å². The lowest BCUT2D eigenvalue weighted by molar-refractivity contribution is -0.126. The van der Waals surface area contributed by atoms with Crippen molar-refractivity contribution in [1.29, 1.82) is 0 Å². The van der Waals surface area contributed by atoms with Crippen LogP contribution in [-0.4, -0.2) is 42.9 Å². The van der Waals surface area contributed by atoms with Crippen molar-refractivity contribution in [3.05, 3.63) is 99.4 Å². The first-order chi connectivity index (χ1) is 17.5. The lowest BCUT2D eigenvalue weighted by Crippen LogP contribution is -2.48. The Labute approximate surface area is 223 Å². The zero-order chi connectivity index (χ0) is 25.1. The van der Waals surface area contributed by atoms with E-state index in [1.54, 1.807) is 18.2 Å². The second-order valence-corrected chi connectivity index (χ2v) is 10.3. The molecular weight excluding hydrogens is 513 g/mol. The second kappa shape index (κ2) is 10.7. The van der Waals surface area contributed by atoms with Gasteiger partial charge in [-0.2, -0.15) is 0 Å². The van der Waals surface area contributed by atoms with Gasteiger partial charge in [0.15, 0.2) is 0 Å². The predicted molar refractivity (Wildman–Crippen MR) is 151 cm³/mol. The predicted octanol–water partition coefficient (Wildman–Crippen LogP) is 6.82. The van der Waals surface area contributed by atoms with Gasteiger partial charge >= 0.3 is 0 Å². The highest BCUT2D eigenvalue weighted by Crippen LogP contribution is 2.37. The van der Waals surface area contributed by atoms with E-state index in [9.17, 15) is 9.59 Å². The van der Waals surface area contributed by atoms with E-state index >= 15 is 0 Å². The number of nitrogens with zero attached hydrogens (tertiary/aromatic N) is 2. The van der Waals surface area contributed by atoms with Crippen molar-refractivity contribution >= 4 is 73.9 Å². The van der Waals surface area contributed by atoms with E-state index in [-0.39, 0.29) is 11.8 Å². The van der Waals surface area contributed by atoms with Gasteiger partial charge in [-0.05, 0) is 35.9 Å². The Balaban J connectivity index is 1.28. The third-order valence-corrected chi connectivity index (χ3v) is 8.01. The standard InChI is InChI=1S/C28H23Cl2N3O2S/c29-20-11-12-23(22(18-20)31-28(35)27-26(30)21-8-4-5-9-24(21)36-27)32-14-16-33(17-15-32)25(34)13-10-19-6-2-1-3-7-19/h1-13,18H,14-17H2,(H,31,35)/b13-10+. The number of piperazine rings is 1. The van der Waals surface area contributed by atoms with Crippen LogP contribution in [0.5, 0.6) is 0 Å². The molecule has 0 atom stereocenters. The quantitative estimate of drug-likeness (QED) is 0.285. The van der Waals surface area contributed by atoms with E-state index in [0.29, 0.717) is 46.8 Å². The molecule has 0 spiro atoms. The fourth-order valence-electron chi connectivity index (χ4n) is 4.23. The highest BCUT2D eigenvalue weighted by atomic mass is 35.5. The smallest absolute Gasteiger partial charge is 0.267 e. The number of nitrogens with one attached hydrogen (secondary N) is 1. The number of benzene rings is 3. The van der Waals surface area contributed by atoms with Gasteiger partial charge < -0.3 is 15.1 Å². The molecular formula is C28H23Cl2N3O2S.